The molecule has 0 saturated carbocycles. The number of aliphatic carboxylic acids is 1. The van der Waals surface area contributed by atoms with Gasteiger partial charge in [0.2, 0.25) is 0 Å². The number of nitrogens with zero attached hydrogens (tertiary/aromatic N) is 2. The predicted molar refractivity (Wildman–Crippen MR) is 145 cm³/mol. The van der Waals surface area contributed by atoms with Crippen molar-refractivity contribution in [1.82, 2.24) is 4.98 Å². The van der Waals surface area contributed by atoms with Gasteiger partial charge in [-0.3, -0.25) is 9.98 Å². The quantitative estimate of drug-likeness (QED) is 0.224. The maximum atomic E-state index is 11.5. The van der Waals surface area contributed by atoms with Gasteiger partial charge < -0.3 is 10.4 Å². The summed E-state index contributed by atoms with van der Waals surface area (Å²) in [6.45, 7) is 9.45. The zero-order valence-corrected chi connectivity index (χ0v) is 20.8. The van der Waals surface area contributed by atoms with E-state index in [-0.39, 0.29) is 5.57 Å². The lowest BCUT2D eigenvalue weighted by Crippen LogP contribution is -1.98. The number of rotatable bonds is 7. The lowest BCUT2D eigenvalue weighted by Gasteiger charge is -2.11. The molecule has 0 saturated heterocycles. The Bertz CT molecular complexity index is 1240. The van der Waals surface area contributed by atoms with E-state index in [2.05, 4.69) is 10.3 Å². The van der Waals surface area contributed by atoms with Crippen molar-refractivity contribution in [2.75, 3.05) is 12.4 Å². The minimum Gasteiger partial charge on any atom is -0.478 e. The van der Waals surface area contributed by atoms with Crippen LogP contribution < -0.4 is 5.32 Å². The molecule has 0 fully saturated rings. The van der Waals surface area contributed by atoms with Crippen LogP contribution >= 0.6 is 0 Å². The van der Waals surface area contributed by atoms with E-state index in [4.69, 9.17) is 4.99 Å². The Balaban J connectivity index is 0.00000199. The Morgan fingerprint density at radius 3 is 2.32 bits per heavy atom. The van der Waals surface area contributed by atoms with Crippen molar-refractivity contribution in [1.29, 1.82) is 0 Å². The normalized spacial score (nSPS) is 12.8. The molecule has 0 atom stereocenters. The minimum absolute atomic E-state index is 0.240. The summed E-state index contributed by atoms with van der Waals surface area (Å²) < 4.78 is 0. The van der Waals surface area contributed by atoms with E-state index in [1.165, 1.54) is 0 Å². The molecule has 2 N–H and O–H groups in total. The van der Waals surface area contributed by atoms with E-state index in [0.717, 1.165) is 38.9 Å². The van der Waals surface area contributed by atoms with E-state index >= 15 is 0 Å². The van der Waals surface area contributed by atoms with Gasteiger partial charge in [-0.05, 0) is 67.8 Å². The van der Waals surface area contributed by atoms with Crippen molar-refractivity contribution < 1.29 is 9.90 Å². The van der Waals surface area contributed by atoms with Gasteiger partial charge in [0.1, 0.15) is 0 Å². The van der Waals surface area contributed by atoms with Crippen LogP contribution in [0.3, 0.4) is 0 Å². The molecule has 0 aliphatic heterocycles. The molecule has 1 heterocycles. The highest BCUT2D eigenvalue weighted by molar-refractivity contribution is 6.10. The first-order valence-electron chi connectivity index (χ1n) is 11.4. The fraction of sp³-hybridized carbons (Fsp3) is 0.207. The van der Waals surface area contributed by atoms with Crippen LogP contribution in [0.1, 0.15) is 45.7 Å². The summed E-state index contributed by atoms with van der Waals surface area (Å²) in [5, 5.41) is 13.5. The molecular weight excluding hydrogens is 422 g/mol. The predicted octanol–water partition coefficient (Wildman–Crippen LogP) is 7.24. The van der Waals surface area contributed by atoms with E-state index < -0.39 is 5.97 Å². The van der Waals surface area contributed by atoms with Crippen LogP contribution in [0.2, 0.25) is 0 Å². The summed E-state index contributed by atoms with van der Waals surface area (Å²) >= 11 is 0. The Kier molecular flexibility index (Phi) is 9.96. The number of carbonyl (C=O) groups is 1. The van der Waals surface area contributed by atoms with Gasteiger partial charge in [-0.1, -0.05) is 50.3 Å². The first kappa shape index (κ1) is 26.3. The molecule has 0 bridgehead atoms. The lowest BCUT2D eigenvalue weighted by atomic mass is 9.98. The molecule has 0 aliphatic rings. The molecule has 3 aromatic rings. The molecule has 3 rings (SSSR count). The van der Waals surface area contributed by atoms with Gasteiger partial charge in [0.25, 0.3) is 0 Å². The summed E-state index contributed by atoms with van der Waals surface area (Å²) in [7, 11) is 1.89. The summed E-state index contributed by atoms with van der Waals surface area (Å²) in [5.74, 6) is -0.962. The molecule has 176 valence electrons. The number of allylic oxidation sites excluding steroid dienone is 5. The zero-order chi connectivity index (χ0) is 25.1. The number of hydrogen-bond donors (Lipinski definition) is 2. The van der Waals surface area contributed by atoms with Gasteiger partial charge in [0, 0.05) is 47.4 Å². The Morgan fingerprint density at radius 2 is 1.71 bits per heavy atom. The Labute approximate surface area is 202 Å². The van der Waals surface area contributed by atoms with Gasteiger partial charge in [0.15, 0.2) is 0 Å². The van der Waals surface area contributed by atoms with Crippen molar-refractivity contribution >= 4 is 39.9 Å². The molecule has 2 aromatic carbocycles. The number of para-hydroxylation sites is 1. The van der Waals surface area contributed by atoms with Gasteiger partial charge >= 0.3 is 5.97 Å². The molecule has 1 aromatic heterocycles. The lowest BCUT2D eigenvalue weighted by molar-refractivity contribution is -0.132. The van der Waals surface area contributed by atoms with Gasteiger partial charge in [-0.2, -0.15) is 0 Å². The molecular formula is C29H33N3O2. The van der Waals surface area contributed by atoms with Crippen molar-refractivity contribution in [3.8, 4) is 0 Å². The van der Waals surface area contributed by atoms with E-state index in [9.17, 15) is 9.90 Å². The van der Waals surface area contributed by atoms with Crippen LogP contribution in [-0.2, 0) is 4.79 Å². The van der Waals surface area contributed by atoms with Crippen molar-refractivity contribution in [2.24, 2.45) is 4.99 Å². The highest BCUT2D eigenvalue weighted by Gasteiger charge is 2.11. The molecule has 0 spiro atoms. The van der Waals surface area contributed by atoms with Crippen LogP contribution in [0, 0.1) is 0 Å². The summed E-state index contributed by atoms with van der Waals surface area (Å²) in [4.78, 5) is 20.7. The summed E-state index contributed by atoms with van der Waals surface area (Å²) in [5.41, 5.74) is 6.52. The third-order valence-electron chi connectivity index (χ3n) is 5.24. The summed E-state index contributed by atoms with van der Waals surface area (Å²) in [6.07, 6.45) is 7.23. The minimum atomic E-state index is -0.962. The topological polar surface area (TPSA) is 74.6 Å². The van der Waals surface area contributed by atoms with Gasteiger partial charge in [-0.25, -0.2) is 4.79 Å². The number of nitrogens with one attached hydrogen (secondary N) is 1. The third kappa shape index (κ3) is 6.51. The monoisotopic (exact) mass is 455 g/mol. The largest absolute Gasteiger partial charge is 0.478 e. The number of aliphatic imine (C=N–C) groups is 1. The molecule has 5 heteroatoms. The number of fused-ring (bicyclic) bond motifs is 1. The first-order valence-corrected chi connectivity index (χ1v) is 11.4. The zero-order valence-electron chi connectivity index (χ0n) is 20.8. The fourth-order valence-corrected chi connectivity index (χ4v) is 3.37. The number of carboxylic acids is 1. The molecule has 34 heavy (non-hydrogen) atoms. The van der Waals surface area contributed by atoms with E-state index in [1.807, 2.05) is 102 Å². The standard InChI is InChI=1S/C27H27N3O2.C2H6/c1-5-20(21-10-12-22(28-4)13-11-21)17-30-19(3)25(16-18(2)27(31)32)23-14-15-29-26-9-7-6-8-24(23)26;1-2/h5-17,28H,1-4H3,(H,31,32);1-2H3/b18-16+,20-5+,25-19-,30-17-;. The maximum absolute atomic E-state index is 11.5. The number of pyridine rings is 1. The smallest absolute Gasteiger partial charge is 0.331 e. The number of aromatic nitrogens is 1. The highest BCUT2D eigenvalue weighted by Crippen LogP contribution is 2.29. The second kappa shape index (κ2) is 12.9. The van der Waals surface area contributed by atoms with Crippen LogP contribution in [-0.4, -0.2) is 29.3 Å². The van der Waals surface area contributed by atoms with Crippen molar-refractivity contribution in [2.45, 2.75) is 34.6 Å². The molecule has 0 unspecified atom stereocenters. The third-order valence-corrected chi connectivity index (χ3v) is 5.24. The van der Waals surface area contributed by atoms with Crippen molar-refractivity contribution in [3.05, 3.63) is 95.3 Å². The van der Waals surface area contributed by atoms with Crippen LogP contribution in [0.25, 0.3) is 22.0 Å². The molecule has 0 radical (unpaired) electrons. The number of carboxylic acid groups (broad SMARTS) is 1. The average Bonchev–Trinajstić information content (AvgIpc) is 2.88. The summed E-state index contributed by atoms with van der Waals surface area (Å²) in [6, 6.07) is 17.8. The second-order valence-electron chi connectivity index (χ2n) is 7.34. The first-order chi connectivity index (χ1) is 16.4. The van der Waals surface area contributed by atoms with E-state index in [0.29, 0.717) is 5.70 Å². The Morgan fingerprint density at radius 1 is 1.03 bits per heavy atom. The molecule has 0 aliphatic carbocycles. The number of hydrogen-bond acceptors (Lipinski definition) is 4. The van der Waals surface area contributed by atoms with Crippen LogP contribution in [0.5, 0.6) is 0 Å². The second-order valence-corrected chi connectivity index (χ2v) is 7.34. The number of benzene rings is 2. The van der Waals surface area contributed by atoms with Crippen LogP contribution in [0.15, 0.2) is 89.2 Å². The fourth-order valence-electron chi connectivity index (χ4n) is 3.37. The van der Waals surface area contributed by atoms with Gasteiger partial charge in [0.05, 0.1) is 5.52 Å². The van der Waals surface area contributed by atoms with E-state index in [1.54, 1.807) is 19.2 Å². The average molecular weight is 456 g/mol. The van der Waals surface area contributed by atoms with Crippen LogP contribution in [0.4, 0.5) is 5.69 Å². The SMILES string of the molecule is CC.C\C=C(/C=N\C(C)=C(\C=C(/C)C(=O)O)c1ccnc2ccccc12)c1ccc(NC)cc1. The number of anilines is 1. The Hall–Kier alpha value is -3.99. The molecule has 5 nitrogen and oxygen atoms in total. The van der Waals surface area contributed by atoms with Crippen molar-refractivity contribution in [3.63, 3.8) is 0 Å². The maximum Gasteiger partial charge on any atom is 0.331 e. The molecule has 0 amide bonds. The highest BCUT2D eigenvalue weighted by atomic mass is 16.4. The van der Waals surface area contributed by atoms with Gasteiger partial charge in [-0.15, -0.1) is 0 Å².